The highest BCUT2D eigenvalue weighted by Gasteiger charge is 2.13. The third-order valence-electron chi connectivity index (χ3n) is 3.22. The second-order valence-corrected chi connectivity index (χ2v) is 4.75. The average Bonchev–Trinajstić information content (AvgIpc) is 2.72. The van der Waals surface area contributed by atoms with E-state index in [0.29, 0.717) is 13.2 Å². The Morgan fingerprint density at radius 3 is 2.65 bits per heavy atom. The SMILES string of the molecule is CC(Nc1cncnc1)c1ccc2c(c1)OCCCO2. The van der Waals surface area contributed by atoms with E-state index >= 15 is 0 Å². The monoisotopic (exact) mass is 271 g/mol. The highest BCUT2D eigenvalue weighted by atomic mass is 16.5. The van der Waals surface area contributed by atoms with Crippen LogP contribution in [0.2, 0.25) is 0 Å². The van der Waals surface area contributed by atoms with Gasteiger partial charge in [0.1, 0.15) is 6.33 Å². The molecule has 2 heterocycles. The number of ether oxygens (including phenoxy) is 2. The minimum Gasteiger partial charge on any atom is -0.490 e. The van der Waals surface area contributed by atoms with Gasteiger partial charge >= 0.3 is 0 Å². The largest absolute Gasteiger partial charge is 0.490 e. The summed E-state index contributed by atoms with van der Waals surface area (Å²) >= 11 is 0. The molecular formula is C15H17N3O2. The third-order valence-corrected chi connectivity index (χ3v) is 3.22. The summed E-state index contributed by atoms with van der Waals surface area (Å²) in [5, 5.41) is 3.36. The molecule has 0 aliphatic carbocycles. The minimum atomic E-state index is 0.137. The molecule has 0 bridgehead atoms. The van der Waals surface area contributed by atoms with Crippen molar-refractivity contribution in [2.24, 2.45) is 0 Å². The number of hydrogen-bond acceptors (Lipinski definition) is 5. The normalized spacial score (nSPS) is 15.2. The van der Waals surface area contributed by atoms with Crippen LogP contribution in [-0.4, -0.2) is 23.2 Å². The first-order chi connectivity index (χ1) is 9.83. The number of anilines is 1. The van der Waals surface area contributed by atoms with Crippen molar-refractivity contribution in [2.45, 2.75) is 19.4 Å². The highest BCUT2D eigenvalue weighted by molar-refractivity contribution is 5.47. The number of rotatable bonds is 3. The molecule has 20 heavy (non-hydrogen) atoms. The summed E-state index contributed by atoms with van der Waals surface area (Å²) in [6.45, 7) is 3.50. The van der Waals surface area contributed by atoms with Gasteiger partial charge in [-0.3, -0.25) is 0 Å². The first-order valence-electron chi connectivity index (χ1n) is 6.74. The fraction of sp³-hybridized carbons (Fsp3) is 0.333. The molecule has 3 rings (SSSR count). The smallest absolute Gasteiger partial charge is 0.161 e. The molecule has 1 aromatic carbocycles. The van der Waals surface area contributed by atoms with E-state index in [0.717, 1.165) is 29.2 Å². The number of aromatic nitrogens is 2. The van der Waals surface area contributed by atoms with E-state index in [9.17, 15) is 0 Å². The lowest BCUT2D eigenvalue weighted by molar-refractivity contribution is 0.297. The minimum absolute atomic E-state index is 0.137. The topological polar surface area (TPSA) is 56.3 Å². The number of benzene rings is 1. The van der Waals surface area contributed by atoms with Crippen molar-refractivity contribution in [1.82, 2.24) is 9.97 Å². The summed E-state index contributed by atoms with van der Waals surface area (Å²) < 4.78 is 11.3. The summed E-state index contributed by atoms with van der Waals surface area (Å²) in [4.78, 5) is 7.99. The molecule has 1 aliphatic heterocycles. The van der Waals surface area contributed by atoms with E-state index in [1.54, 1.807) is 12.4 Å². The van der Waals surface area contributed by atoms with Crippen molar-refractivity contribution < 1.29 is 9.47 Å². The Bertz CT molecular complexity index is 575. The van der Waals surface area contributed by atoms with Crippen molar-refractivity contribution in [1.29, 1.82) is 0 Å². The van der Waals surface area contributed by atoms with Crippen molar-refractivity contribution in [3.63, 3.8) is 0 Å². The Labute approximate surface area is 118 Å². The molecule has 0 fully saturated rings. The van der Waals surface area contributed by atoms with Crippen LogP contribution in [0.1, 0.15) is 24.9 Å². The Morgan fingerprint density at radius 2 is 1.85 bits per heavy atom. The summed E-state index contributed by atoms with van der Waals surface area (Å²) in [6.07, 6.45) is 5.95. The average molecular weight is 271 g/mol. The van der Waals surface area contributed by atoms with Gasteiger partial charge in [0.15, 0.2) is 11.5 Å². The van der Waals surface area contributed by atoms with Gasteiger partial charge in [-0.25, -0.2) is 9.97 Å². The summed E-state index contributed by atoms with van der Waals surface area (Å²) in [7, 11) is 0. The Morgan fingerprint density at radius 1 is 1.10 bits per heavy atom. The van der Waals surface area contributed by atoms with E-state index in [4.69, 9.17) is 9.47 Å². The quantitative estimate of drug-likeness (QED) is 0.930. The maximum absolute atomic E-state index is 5.71. The van der Waals surface area contributed by atoms with Crippen LogP contribution in [0.3, 0.4) is 0 Å². The van der Waals surface area contributed by atoms with E-state index in [1.807, 2.05) is 12.1 Å². The Kier molecular flexibility index (Phi) is 3.67. The molecule has 1 unspecified atom stereocenters. The van der Waals surface area contributed by atoms with Crippen LogP contribution >= 0.6 is 0 Å². The van der Waals surface area contributed by atoms with Crippen LogP contribution in [-0.2, 0) is 0 Å². The molecule has 0 spiro atoms. The molecule has 0 saturated carbocycles. The van der Waals surface area contributed by atoms with Crippen molar-refractivity contribution in [2.75, 3.05) is 18.5 Å². The van der Waals surface area contributed by atoms with Gasteiger partial charge in [0.25, 0.3) is 0 Å². The summed E-state index contributed by atoms with van der Waals surface area (Å²) in [6, 6.07) is 6.19. The van der Waals surface area contributed by atoms with Crippen LogP contribution in [0.4, 0.5) is 5.69 Å². The van der Waals surface area contributed by atoms with Crippen LogP contribution in [0.25, 0.3) is 0 Å². The molecule has 5 heteroatoms. The van der Waals surface area contributed by atoms with E-state index in [2.05, 4.69) is 28.3 Å². The van der Waals surface area contributed by atoms with Crippen LogP contribution in [0.15, 0.2) is 36.9 Å². The Balaban J connectivity index is 1.78. The lowest BCUT2D eigenvalue weighted by atomic mass is 10.1. The molecule has 2 aromatic rings. The predicted octanol–water partition coefficient (Wildman–Crippen LogP) is 2.81. The molecule has 104 valence electrons. The van der Waals surface area contributed by atoms with Crippen molar-refractivity contribution in [3.05, 3.63) is 42.5 Å². The fourth-order valence-electron chi connectivity index (χ4n) is 2.16. The van der Waals surface area contributed by atoms with E-state index < -0.39 is 0 Å². The van der Waals surface area contributed by atoms with Crippen LogP contribution in [0.5, 0.6) is 11.5 Å². The van der Waals surface area contributed by atoms with Crippen LogP contribution in [0, 0.1) is 0 Å². The molecule has 1 atom stereocenters. The molecule has 1 aliphatic rings. The van der Waals surface area contributed by atoms with Gasteiger partial charge in [0, 0.05) is 12.5 Å². The maximum Gasteiger partial charge on any atom is 0.161 e. The second kappa shape index (κ2) is 5.77. The molecule has 1 N–H and O–H groups in total. The van der Waals surface area contributed by atoms with Crippen molar-refractivity contribution >= 4 is 5.69 Å². The van der Waals surface area contributed by atoms with Gasteiger partial charge in [0.2, 0.25) is 0 Å². The third kappa shape index (κ3) is 2.82. The zero-order valence-corrected chi connectivity index (χ0v) is 11.4. The first kappa shape index (κ1) is 12.7. The molecule has 0 amide bonds. The molecule has 0 saturated heterocycles. The molecule has 0 radical (unpaired) electrons. The molecular weight excluding hydrogens is 254 g/mol. The van der Waals surface area contributed by atoms with Gasteiger partial charge in [-0.05, 0) is 24.6 Å². The standard InChI is InChI=1S/C15H17N3O2/c1-11(18-13-8-16-10-17-9-13)12-3-4-14-15(7-12)20-6-2-5-19-14/h3-4,7-11,18H,2,5-6H2,1H3. The zero-order chi connectivity index (χ0) is 13.8. The van der Waals surface area contributed by atoms with Gasteiger partial charge in [-0.1, -0.05) is 6.07 Å². The van der Waals surface area contributed by atoms with Crippen molar-refractivity contribution in [3.8, 4) is 11.5 Å². The fourth-order valence-corrected chi connectivity index (χ4v) is 2.16. The highest BCUT2D eigenvalue weighted by Crippen LogP contribution is 2.32. The van der Waals surface area contributed by atoms with E-state index in [1.165, 1.54) is 6.33 Å². The lowest BCUT2D eigenvalue weighted by Crippen LogP contribution is -2.07. The molecule has 5 nitrogen and oxygen atoms in total. The maximum atomic E-state index is 5.71. The van der Waals surface area contributed by atoms with Gasteiger partial charge in [-0.15, -0.1) is 0 Å². The predicted molar refractivity (Wildman–Crippen MR) is 76.1 cm³/mol. The van der Waals surface area contributed by atoms with Gasteiger partial charge < -0.3 is 14.8 Å². The lowest BCUT2D eigenvalue weighted by Gasteiger charge is -2.17. The number of fused-ring (bicyclic) bond motifs is 1. The zero-order valence-electron chi connectivity index (χ0n) is 11.4. The first-order valence-corrected chi connectivity index (χ1v) is 6.74. The van der Waals surface area contributed by atoms with E-state index in [-0.39, 0.29) is 6.04 Å². The number of nitrogens with one attached hydrogen (secondary N) is 1. The van der Waals surface area contributed by atoms with Crippen LogP contribution < -0.4 is 14.8 Å². The van der Waals surface area contributed by atoms with Gasteiger partial charge in [0.05, 0.1) is 31.3 Å². The van der Waals surface area contributed by atoms with Gasteiger partial charge in [-0.2, -0.15) is 0 Å². The molecule has 1 aromatic heterocycles. The number of hydrogen-bond donors (Lipinski definition) is 1. The Hall–Kier alpha value is -2.30. The summed E-state index contributed by atoms with van der Waals surface area (Å²) in [5.41, 5.74) is 2.03. The second-order valence-electron chi connectivity index (χ2n) is 4.75. The summed E-state index contributed by atoms with van der Waals surface area (Å²) in [5.74, 6) is 1.64. The number of nitrogens with zero attached hydrogens (tertiary/aromatic N) is 2.